The van der Waals surface area contributed by atoms with Gasteiger partial charge in [-0.2, -0.15) is 0 Å². The zero-order valence-electron chi connectivity index (χ0n) is 10.3. The van der Waals surface area contributed by atoms with Gasteiger partial charge in [0, 0.05) is 0 Å². The van der Waals surface area contributed by atoms with Crippen molar-refractivity contribution in [1.82, 2.24) is 5.32 Å². The van der Waals surface area contributed by atoms with Crippen molar-refractivity contribution in [2.45, 2.75) is 58.3 Å². The zero-order valence-corrected chi connectivity index (χ0v) is 10.3. The fourth-order valence-electron chi connectivity index (χ4n) is 3.89. The summed E-state index contributed by atoms with van der Waals surface area (Å²) in [6, 6.07) is 0. The SMILES string of the molecule is CCC(C1CCCCC1)C1CCNCC1. The summed E-state index contributed by atoms with van der Waals surface area (Å²) in [5.41, 5.74) is 0. The summed E-state index contributed by atoms with van der Waals surface area (Å²) in [6.07, 6.45) is 11.9. The van der Waals surface area contributed by atoms with E-state index in [4.69, 9.17) is 0 Å². The normalized spacial score (nSPS) is 27.8. The van der Waals surface area contributed by atoms with Crippen LogP contribution in [0.2, 0.25) is 0 Å². The number of piperidine rings is 1. The van der Waals surface area contributed by atoms with Crippen LogP contribution in [0.1, 0.15) is 58.3 Å². The van der Waals surface area contributed by atoms with Crippen LogP contribution < -0.4 is 5.32 Å². The van der Waals surface area contributed by atoms with E-state index in [2.05, 4.69) is 12.2 Å². The Morgan fingerprint density at radius 1 is 0.933 bits per heavy atom. The van der Waals surface area contributed by atoms with Crippen molar-refractivity contribution in [3.63, 3.8) is 0 Å². The van der Waals surface area contributed by atoms with E-state index in [9.17, 15) is 0 Å². The third kappa shape index (κ3) is 2.96. The molecule has 0 amide bonds. The maximum absolute atomic E-state index is 3.50. The standard InChI is InChI=1S/C14H27N/c1-2-14(12-6-4-3-5-7-12)13-8-10-15-11-9-13/h12-15H,2-11H2,1H3. The third-order valence-corrected chi connectivity index (χ3v) is 4.72. The molecule has 1 heterocycles. The molecule has 88 valence electrons. The lowest BCUT2D eigenvalue weighted by atomic mass is 9.70. The molecule has 1 saturated heterocycles. The first-order valence-corrected chi connectivity index (χ1v) is 7.12. The highest BCUT2D eigenvalue weighted by atomic mass is 14.9. The van der Waals surface area contributed by atoms with Crippen LogP contribution in [0.4, 0.5) is 0 Å². The topological polar surface area (TPSA) is 12.0 Å². The molecular weight excluding hydrogens is 182 g/mol. The van der Waals surface area contributed by atoms with Gasteiger partial charge in [0.25, 0.3) is 0 Å². The van der Waals surface area contributed by atoms with Gasteiger partial charge in [0.05, 0.1) is 0 Å². The van der Waals surface area contributed by atoms with Crippen molar-refractivity contribution in [2.24, 2.45) is 17.8 Å². The van der Waals surface area contributed by atoms with Gasteiger partial charge in [-0.15, -0.1) is 0 Å². The van der Waals surface area contributed by atoms with Crippen molar-refractivity contribution in [2.75, 3.05) is 13.1 Å². The van der Waals surface area contributed by atoms with Crippen molar-refractivity contribution < 1.29 is 0 Å². The molecular formula is C14H27N. The van der Waals surface area contributed by atoms with Gasteiger partial charge in [-0.3, -0.25) is 0 Å². The number of rotatable bonds is 3. The first-order chi connectivity index (χ1) is 7.42. The third-order valence-electron chi connectivity index (χ3n) is 4.72. The molecule has 0 aromatic carbocycles. The summed E-state index contributed by atoms with van der Waals surface area (Å²) in [5, 5.41) is 3.50. The Morgan fingerprint density at radius 2 is 1.53 bits per heavy atom. The fraction of sp³-hybridized carbons (Fsp3) is 1.00. The highest BCUT2D eigenvalue weighted by Gasteiger charge is 2.29. The van der Waals surface area contributed by atoms with Gasteiger partial charge in [0.1, 0.15) is 0 Å². The molecule has 1 unspecified atom stereocenters. The molecule has 1 saturated carbocycles. The van der Waals surface area contributed by atoms with Gasteiger partial charge >= 0.3 is 0 Å². The first-order valence-electron chi connectivity index (χ1n) is 7.12. The predicted molar refractivity (Wildman–Crippen MR) is 65.9 cm³/mol. The van der Waals surface area contributed by atoms with Crippen LogP contribution in [-0.2, 0) is 0 Å². The van der Waals surface area contributed by atoms with Crippen molar-refractivity contribution in [3.8, 4) is 0 Å². The van der Waals surface area contributed by atoms with Gasteiger partial charge in [-0.05, 0) is 43.7 Å². The Hall–Kier alpha value is -0.0400. The van der Waals surface area contributed by atoms with E-state index in [0.717, 1.165) is 17.8 Å². The molecule has 15 heavy (non-hydrogen) atoms. The van der Waals surface area contributed by atoms with Gasteiger partial charge < -0.3 is 5.32 Å². The molecule has 1 aliphatic carbocycles. The summed E-state index contributed by atoms with van der Waals surface area (Å²) in [4.78, 5) is 0. The van der Waals surface area contributed by atoms with Gasteiger partial charge in [-0.1, -0.05) is 45.4 Å². The molecule has 0 spiro atoms. The average Bonchev–Trinajstić information content (AvgIpc) is 2.33. The quantitative estimate of drug-likeness (QED) is 0.749. The molecule has 1 heteroatoms. The Bertz CT molecular complexity index is 148. The van der Waals surface area contributed by atoms with Crippen molar-refractivity contribution in [3.05, 3.63) is 0 Å². The Balaban J connectivity index is 1.88. The predicted octanol–water partition coefficient (Wildman–Crippen LogP) is 3.59. The van der Waals surface area contributed by atoms with E-state index in [0.29, 0.717) is 0 Å². The molecule has 2 rings (SSSR count). The second-order valence-electron chi connectivity index (χ2n) is 5.56. The van der Waals surface area contributed by atoms with Crippen molar-refractivity contribution in [1.29, 1.82) is 0 Å². The molecule has 0 bridgehead atoms. The van der Waals surface area contributed by atoms with Gasteiger partial charge in [0.15, 0.2) is 0 Å². The van der Waals surface area contributed by atoms with Crippen LogP contribution in [0, 0.1) is 17.8 Å². The van der Waals surface area contributed by atoms with E-state index in [-0.39, 0.29) is 0 Å². The van der Waals surface area contributed by atoms with E-state index in [1.54, 1.807) is 0 Å². The lowest BCUT2D eigenvalue weighted by Gasteiger charge is -2.37. The Labute approximate surface area is 95.0 Å². The average molecular weight is 209 g/mol. The van der Waals surface area contributed by atoms with Crippen LogP contribution in [0.15, 0.2) is 0 Å². The Kier molecular flexibility index (Phi) is 4.49. The van der Waals surface area contributed by atoms with Crippen LogP contribution in [0.3, 0.4) is 0 Å². The molecule has 2 aliphatic rings. The fourth-order valence-corrected chi connectivity index (χ4v) is 3.89. The summed E-state index contributed by atoms with van der Waals surface area (Å²) < 4.78 is 0. The molecule has 0 aromatic rings. The maximum atomic E-state index is 3.50. The summed E-state index contributed by atoms with van der Waals surface area (Å²) in [5.74, 6) is 3.17. The maximum Gasteiger partial charge on any atom is -0.00462 e. The van der Waals surface area contributed by atoms with Gasteiger partial charge in [0.2, 0.25) is 0 Å². The van der Waals surface area contributed by atoms with E-state index < -0.39 is 0 Å². The number of hydrogen-bond acceptors (Lipinski definition) is 1. The van der Waals surface area contributed by atoms with E-state index in [1.807, 2.05) is 0 Å². The molecule has 0 aromatic heterocycles. The molecule has 1 aliphatic heterocycles. The second-order valence-corrected chi connectivity index (χ2v) is 5.56. The lowest BCUT2D eigenvalue weighted by molar-refractivity contribution is 0.144. The summed E-state index contributed by atoms with van der Waals surface area (Å²) >= 11 is 0. The monoisotopic (exact) mass is 209 g/mol. The Morgan fingerprint density at radius 3 is 2.13 bits per heavy atom. The van der Waals surface area contributed by atoms with Crippen LogP contribution in [0.25, 0.3) is 0 Å². The largest absolute Gasteiger partial charge is 0.317 e. The molecule has 2 fully saturated rings. The van der Waals surface area contributed by atoms with Crippen molar-refractivity contribution >= 4 is 0 Å². The minimum absolute atomic E-state index is 1.04. The number of hydrogen-bond donors (Lipinski definition) is 1. The van der Waals surface area contributed by atoms with Crippen LogP contribution in [-0.4, -0.2) is 13.1 Å². The highest BCUT2D eigenvalue weighted by molar-refractivity contribution is 4.81. The van der Waals surface area contributed by atoms with E-state index in [1.165, 1.54) is 64.5 Å². The first kappa shape index (κ1) is 11.4. The summed E-state index contributed by atoms with van der Waals surface area (Å²) in [6.45, 7) is 4.96. The minimum atomic E-state index is 1.04. The van der Waals surface area contributed by atoms with Gasteiger partial charge in [-0.25, -0.2) is 0 Å². The minimum Gasteiger partial charge on any atom is -0.317 e. The molecule has 1 nitrogen and oxygen atoms in total. The molecule has 1 N–H and O–H groups in total. The number of nitrogens with one attached hydrogen (secondary N) is 1. The molecule has 0 radical (unpaired) electrons. The van der Waals surface area contributed by atoms with Crippen LogP contribution >= 0.6 is 0 Å². The summed E-state index contributed by atoms with van der Waals surface area (Å²) in [7, 11) is 0. The zero-order chi connectivity index (χ0) is 10.5. The van der Waals surface area contributed by atoms with E-state index >= 15 is 0 Å². The molecule has 1 atom stereocenters. The smallest absolute Gasteiger partial charge is 0.00462 e. The second kappa shape index (κ2) is 5.89. The lowest BCUT2D eigenvalue weighted by Crippen LogP contribution is -2.34. The van der Waals surface area contributed by atoms with Crippen LogP contribution in [0.5, 0.6) is 0 Å². The highest BCUT2D eigenvalue weighted by Crippen LogP contribution is 2.38.